The van der Waals surface area contributed by atoms with E-state index in [1.165, 1.54) is 31.8 Å². The minimum Gasteiger partial charge on any atom is -0.353 e. The van der Waals surface area contributed by atoms with Gasteiger partial charge < -0.3 is 5.32 Å². The SMILES string of the molecule is C=CC(=O)NCCC(C)(CC)CCCC. The van der Waals surface area contributed by atoms with Gasteiger partial charge in [0.2, 0.25) is 5.91 Å². The topological polar surface area (TPSA) is 29.1 Å². The van der Waals surface area contributed by atoms with Gasteiger partial charge in [0.25, 0.3) is 0 Å². The van der Waals surface area contributed by atoms with Crippen molar-refractivity contribution >= 4 is 5.91 Å². The Kier molecular flexibility index (Phi) is 7.10. The summed E-state index contributed by atoms with van der Waals surface area (Å²) in [5.41, 5.74) is 0.379. The Morgan fingerprint density at radius 1 is 1.40 bits per heavy atom. The van der Waals surface area contributed by atoms with Gasteiger partial charge in [0, 0.05) is 6.54 Å². The summed E-state index contributed by atoms with van der Waals surface area (Å²) < 4.78 is 0. The molecule has 1 atom stereocenters. The van der Waals surface area contributed by atoms with Crippen LogP contribution < -0.4 is 5.32 Å². The maximum Gasteiger partial charge on any atom is 0.243 e. The zero-order chi connectivity index (χ0) is 11.7. The van der Waals surface area contributed by atoms with Gasteiger partial charge in [-0.15, -0.1) is 0 Å². The van der Waals surface area contributed by atoms with Crippen LogP contribution >= 0.6 is 0 Å². The largest absolute Gasteiger partial charge is 0.353 e. The normalized spacial score (nSPS) is 14.3. The zero-order valence-corrected chi connectivity index (χ0v) is 10.4. The van der Waals surface area contributed by atoms with E-state index in [0.29, 0.717) is 5.41 Å². The maximum atomic E-state index is 11.0. The first-order valence-corrected chi connectivity index (χ1v) is 5.98. The third-order valence-corrected chi connectivity index (χ3v) is 3.20. The summed E-state index contributed by atoms with van der Waals surface area (Å²) in [7, 11) is 0. The van der Waals surface area contributed by atoms with E-state index < -0.39 is 0 Å². The van der Waals surface area contributed by atoms with Crippen molar-refractivity contribution in [2.75, 3.05) is 6.54 Å². The van der Waals surface area contributed by atoms with Crippen molar-refractivity contribution in [2.45, 2.75) is 52.9 Å². The van der Waals surface area contributed by atoms with E-state index in [1.807, 2.05) is 0 Å². The molecule has 0 heterocycles. The van der Waals surface area contributed by atoms with Crippen molar-refractivity contribution in [3.63, 3.8) is 0 Å². The van der Waals surface area contributed by atoms with Crippen LogP contribution in [-0.4, -0.2) is 12.5 Å². The van der Waals surface area contributed by atoms with E-state index in [2.05, 4.69) is 32.7 Å². The van der Waals surface area contributed by atoms with Gasteiger partial charge >= 0.3 is 0 Å². The number of hydrogen-bond donors (Lipinski definition) is 1. The number of unbranched alkanes of at least 4 members (excludes halogenated alkanes) is 1. The molecule has 0 saturated heterocycles. The lowest BCUT2D eigenvalue weighted by Crippen LogP contribution is -2.27. The number of nitrogens with one attached hydrogen (secondary N) is 1. The molecule has 0 aliphatic heterocycles. The molecule has 0 aliphatic carbocycles. The molecule has 88 valence electrons. The van der Waals surface area contributed by atoms with Crippen molar-refractivity contribution in [2.24, 2.45) is 5.41 Å². The predicted molar refractivity (Wildman–Crippen MR) is 65.7 cm³/mol. The number of amides is 1. The minimum absolute atomic E-state index is 0.0658. The summed E-state index contributed by atoms with van der Waals surface area (Å²) in [5.74, 6) is -0.0658. The number of hydrogen-bond acceptors (Lipinski definition) is 1. The number of carbonyl (C=O) groups is 1. The third kappa shape index (κ3) is 6.32. The lowest BCUT2D eigenvalue weighted by atomic mass is 9.79. The van der Waals surface area contributed by atoms with Crippen molar-refractivity contribution in [3.8, 4) is 0 Å². The standard InChI is InChI=1S/C13H25NO/c1-5-8-9-13(4,7-3)10-11-14-12(15)6-2/h6H,2,5,7-11H2,1,3-4H3,(H,14,15). The molecule has 0 rings (SSSR count). The summed E-state index contributed by atoms with van der Waals surface area (Å²) in [6, 6.07) is 0. The van der Waals surface area contributed by atoms with Crippen LogP contribution in [0.5, 0.6) is 0 Å². The highest BCUT2D eigenvalue weighted by Crippen LogP contribution is 2.31. The molecule has 2 heteroatoms. The molecule has 0 saturated carbocycles. The lowest BCUT2D eigenvalue weighted by Gasteiger charge is -2.28. The van der Waals surface area contributed by atoms with Gasteiger partial charge in [-0.1, -0.05) is 46.6 Å². The first-order valence-electron chi connectivity index (χ1n) is 5.98. The molecule has 0 bridgehead atoms. The Bertz CT molecular complexity index is 201. The average Bonchev–Trinajstić information content (AvgIpc) is 2.26. The second-order valence-electron chi connectivity index (χ2n) is 4.51. The second-order valence-corrected chi connectivity index (χ2v) is 4.51. The highest BCUT2D eigenvalue weighted by Gasteiger charge is 2.20. The van der Waals surface area contributed by atoms with Gasteiger partial charge in [-0.2, -0.15) is 0 Å². The quantitative estimate of drug-likeness (QED) is 0.613. The van der Waals surface area contributed by atoms with Crippen LogP contribution in [0.3, 0.4) is 0 Å². The summed E-state index contributed by atoms with van der Waals surface area (Å²) in [4.78, 5) is 11.0. The maximum absolute atomic E-state index is 11.0. The fourth-order valence-electron chi connectivity index (χ4n) is 1.64. The lowest BCUT2D eigenvalue weighted by molar-refractivity contribution is -0.116. The van der Waals surface area contributed by atoms with E-state index in [4.69, 9.17) is 0 Å². The van der Waals surface area contributed by atoms with Crippen LogP contribution in [0.4, 0.5) is 0 Å². The number of carbonyl (C=O) groups excluding carboxylic acids is 1. The molecular formula is C13H25NO. The van der Waals surface area contributed by atoms with E-state index in [0.717, 1.165) is 13.0 Å². The van der Waals surface area contributed by atoms with Gasteiger partial charge in [0.1, 0.15) is 0 Å². The Hall–Kier alpha value is -0.790. The first-order chi connectivity index (χ1) is 7.08. The summed E-state index contributed by atoms with van der Waals surface area (Å²) in [5, 5.41) is 2.84. The van der Waals surface area contributed by atoms with E-state index in [-0.39, 0.29) is 5.91 Å². The van der Waals surface area contributed by atoms with Crippen molar-refractivity contribution < 1.29 is 4.79 Å². The van der Waals surface area contributed by atoms with Crippen LogP contribution in [0.1, 0.15) is 52.9 Å². The second kappa shape index (κ2) is 7.49. The molecule has 2 nitrogen and oxygen atoms in total. The van der Waals surface area contributed by atoms with Gasteiger partial charge in [0.15, 0.2) is 0 Å². The molecule has 0 fully saturated rings. The number of rotatable bonds is 8. The predicted octanol–water partition coefficient (Wildman–Crippen LogP) is 3.29. The Morgan fingerprint density at radius 3 is 2.53 bits per heavy atom. The smallest absolute Gasteiger partial charge is 0.243 e. The van der Waals surface area contributed by atoms with E-state index >= 15 is 0 Å². The fourth-order valence-corrected chi connectivity index (χ4v) is 1.64. The zero-order valence-electron chi connectivity index (χ0n) is 10.4. The Labute approximate surface area is 94.1 Å². The van der Waals surface area contributed by atoms with Gasteiger partial charge in [-0.05, 0) is 24.3 Å². The monoisotopic (exact) mass is 211 g/mol. The fraction of sp³-hybridized carbons (Fsp3) is 0.769. The van der Waals surface area contributed by atoms with Crippen LogP contribution in [0.2, 0.25) is 0 Å². The van der Waals surface area contributed by atoms with Crippen LogP contribution in [0.25, 0.3) is 0 Å². The van der Waals surface area contributed by atoms with Gasteiger partial charge in [-0.25, -0.2) is 0 Å². The molecule has 0 aliphatic rings. The molecule has 0 aromatic rings. The molecule has 0 aromatic carbocycles. The molecule has 0 aromatic heterocycles. The van der Waals surface area contributed by atoms with Crippen LogP contribution in [0, 0.1) is 5.41 Å². The van der Waals surface area contributed by atoms with Crippen LogP contribution in [-0.2, 0) is 4.79 Å². The third-order valence-electron chi connectivity index (χ3n) is 3.20. The van der Waals surface area contributed by atoms with E-state index in [9.17, 15) is 4.79 Å². The van der Waals surface area contributed by atoms with Gasteiger partial charge in [-0.3, -0.25) is 4.79 Å². The molecule has 0 radical (unpaired) electrons. The molecule has 15 heavy (non-hydrogen) atoms. The summed E-state index contributed by atoms with van der Waals surface area (Å²) in [6.45, 7) is 10.9. The highest BCUT2D eigenvalue weighted by molar-refractivity contribution is 5.86. The summed E-state index contributed by atoms with van der Waals surface area (Å²) in [6.07, 6.45) is 7.34. The molecule has 1 N–H and O–H groups in total. The Balaban J connectivity index is 3.86. The van der Waals surface area contributed by atoms with Crippen LogP contribution in [0.15, 0.2) is 12.7 Å². The molecule has 1 unspecified atom stereocenters. The summed E-state index contributed by atoms with van der Waals surface area (Å²) >= 11 is 0. The first kappa shape index (κ1) is 14.2. The van der Waals surface area contributed by atoms with Crippen molar-refractivity contribution in [3.05, 3.63) is 12.7 Å². The van der Waals surface area contributed by atoms with Crippen molar-refractivity contribution in [1.82, 2.24) is 5.32 Å². The average molecular weight is 211 g/mol. The molecule has 1 amide bonds. The Morgan fingerprint density at radius 2 is 2.07 bits per heavy atom. The van der Waals surface area contributed by atoms with E-state index in [1.54, 1.807) is 0 Å². The van der Waals surface area contributed by atoms with Crippen molar-refractivity contribution in [1.29, 1.82) is 0 Å². The highest BCUT2D eigenvalue weighted by atomic mass is 16.1. The molecular weight excluding hydrogens is 186 g/mol. The minimum atomic E-state index is -0.0658. The van der Waals surface area contributed by atoms with Gasteiger partial charge in [0.05, 0.1) is 0 Å². The molecule has 0 spiro atoms.